The van der Waals surface area contributed by atoms with E-state index in [4.69, 9.17) is 15.0 Å². The maximum absolute atomic E-state index is 13.1. The van der Waals surface area contributed by atoms with Crippen LogP contribution < -0.4 is 16.0 Å². The number of benzene rings is 2. The molecule has 0 bridgehead atoms. The highest BCUT2D eigenvalue weighted by molar-refractivity contribution is 7.46. The number of nitro benzene ring substituents is 1. The smallest absolute Gasteiger partial charge is 0.387 e. The van der Waals surface area contributed by atoms with E-state index >= 15 is 0 Å². The van der Waals surface area contributed by atoms with Crippen molar-refractivity contribution in [3.8, 4) is 0 Å². The van der Waals surface area contributed by atoms with Crippen molar-refractivity contribution >= 4 is 54.2 Å². The number of amides is 1. The maximum atomic E-state index is 13.1. The number of nitrogen functional groups attached to an aromatic ring is 1. The Morgan fingerprint density at radius 3 is 2.41 bits per heavy atom. The molecule has 1 fully saturated rings. The van der Waals surface area contributed by atoms with E-state index < -0.39 is 43.2 Å². The van der Waals surface area contributed by atoms with Crippen LogP contribution in [0.4, 0.5) is 17.2 Å². The average molecular weight is 655 g/mol. The Hall–Kier alpha value is -4.77. The lowest BCUT2D eigenvalue weighted by Gasteiger charge is -2.24. The fraction of sp³-hybridized carbons (Fsp3) is 0.286. The number of phosphoric ester groups is 1. The first-order valence-corrected chi connectivity index (χ1v) is 15.5. The zero-order valence-corrected chi connectivity index (χ0v) is 25.3. The number of imidazole rings is 1. The number of non-ortho nitro benzene ring substituents is 1. The molecule has 2 aromatic heterocycles. The van der Waals surface area contributed by atoms with Gasteiger partial charge in [0.15, 0.2) is 23.8 Å². The summed E-state index contributed by atoms with van der Waals surface area (Å²) >= 11 is 0. The van der Waals surface area contributed by atoms with Gasteiger partial charge in [0.25, 0.3) is 11.6 Å². The predicted octanol–water partition coefficient (Wildman–Crippen LogP) is 1.87. The summed E-state index contributed by atoms with van der Waals surface area (Å²) in [6.45, 7) is 3.13. The number of nitro groups is 1. The third-order valence-corrected chi connectivity index (χ3v) is 7.80. The molecule has 6 N–H and O–H groups in total. The number of nitrogens with two attached hydrogens (primary N) is 1. The van der Waals surface area contributed by atoms with Gasteiger partial charge in [-0.15, -0.1) is 0 Å². The van der Waals surface area contributed by atoms with Crippen molar-refractivity contribution in [1.29, 1.82) is 0 Å². The molecule has 0 unspecified atom stereocenters. The Balaban J connectivity index is 1.21. The molecule has 17 nitrogen and oxygen atoms in total. The second-order valence-electron chi connectivity index (χ2n) is 10.2. The number of carbonyl (C=O) groups is 1. The Morgan fingerprint density at radius 2 is 1.80 bits per heavy atom. The molecule has 1 amide bonds. The molecule has 18 heteroatoms. The Kier molecular flexibility index (Phi) is 9.71. The van der Waals surface area contributed by atoms with E-state index in [0.29, 0.717) is 13.1 Å². The quantitative estimate of drug-likeness (QED) is 0.0634. The number of aromatic nitrogens is 4. The van der Waals surface area contributed by atoms with Crippen molar-refractivity contribution in [2.24, 2.45) is 0 Å². The lowest BCUT2D eigenvalue weighted by molar-refractivity contribution is -0.384. The number of hydrogen-bond acceptors (Lipinski definition) is 12. The minimum absolute atomic E-state index is 0.0244. The lowest BCUT2D eigenvalue weighted by Crippen LogP contribution is -2.45. The van der Waals surface area contributed by atoms with Crippen LogP contribution >= 0.6 is 7.82 Å². The van der Waals surface area contributed by atoms with E-state index in [1.165, 1.54) is 23.0 Å². The highest BCUT2D eigenvalue weighted by Crippen LogP contribution is 2.45. The molecule has 0 radical (unpaired) electrons. The first-order chi connectivity index (χ1) is 21.9. The van der Waals surface area contributed by atoms with Gasteiger partial charge in [-0.05, 0) is 42.3 Å². The van der Waals surface area contributed by atoms with Gasteiger partial charge < -0.3 is 35.6 Å². The second-order valence-corrected chi connectivity index (χ2v) is 11.4. The van der Waals surface area contributed by atoms with E-state index in [-0.39, 0.29) is 29.2 Å². The third-order valence-electron chi connectivity index (χ3n) is 7.29. The van der Waals surface area contributed by atoms with Crippen molar-refractivity contribution in [2.45, 2.75) is 31.5 Å². The summed E-state index contributed by atoms with van der Waals surface area (Å²) in [5.74, 6) is -0.659. The monoisotopic (exact) mass is 654 g/mol. The summed E-state index contributed by atoms with van der Waals surface area (Å²) in [7, 11) is -5.12. The molecule has 4 atom stereocenters. The fourth-order valence-corrected chi connectivity index (χ4v) is 5.55. The van der Waals surface area contributed by atoms with Gasteiger partial charge in [-0.3, -0.25) is 24.0 Å². The minimum atomic E-state index is -5.12. The molecule has 0 spiro atoms. The molecular weight excluding hydrogens is 623 g/mol. The number of fused-ring (bicyclic) bond motifs is 1. The Morgan fingerprint density at radius 1 is 1.15 bits per heavy atom. The largest absolute Gasteiger partial charge is 0.470 e. The Labute approximate surface area is 261 Å². The molecule has 2 aromatic carbocycles. The number of phosphoric acid groups is 1. The fourth-order valence-electron chi connectivity index (χ4n) is 5.00. The molecule has 5 rings (SSSR count). The van der Waals surface area contributed by atoms with Crippen molar-refractivity contribution < 1.29 is 38.4 Å². The van der Waals surface area contributed by atoms with Crippen LogP contribution in [-0.4, -0.2) is 83.2 Å². The minimum Gasteiger partial charge on any atom is -0.387 e. The Bertz CT molecular complexity index is 1780. The third kappa shape index (κ3) is 7.37. The van der Waals surface area contributed by atoms with Crippen molar-refractivity contribution in [3.05, 3.63) is 82.4 Å². The summed E-state index contributed by atoms with van der Waals surface area (Å²) < 4.78 is 23.6. The first kappa shape index (κ1) is 32.6. The standard InChI is InChI=1S/C28H31N8O9P/c1-2-34(19-9-5-17(6-10-19)3-4-18-7-11-20(12-8-18)36(39)40)14-13-30-27(38)23-22(37)24(45-46(41,42)43)28(44-23)35-16-33-21-25(29)31-15-32-26(21)35/h3-12,15-16,22-24,28,37H,2,13-14H2,1H3,(H,30,38)(H2,29,31,32)(H2,41,42,43)/b4-3+/t22-,23+,24-,28-/m1/s1. The van der Waals surface area contributed by atoms with Crippen LogP contribution in [0.15, 0.2) is 61.2 Å². The van der Waals surface area contributed by atoms with Crippen LogP contribution in [0.5, 0.6) is 0 Å². The van der Waals surface area contributed by atoms with Crippen molar-refractivity contribution in [2.75, 3.05) is 30.3 Å². The number of anilines is 2. The highest BCUT2D eigenvalue weighted by Gasteiger charge is 2.51. The number of rotatable bonds is 12. The lowest BCUT2D eigenvalue weighted by atomic mass is 10.1. The van der Waals surface area contributed by atoms with Crippen LogP contribution in [0.25, 0.3) is 23.3 Å². The number of nitrogens with zero attached hydrogens (tertiary/aromatic N) is 6. The van der Waals surface area contributed by atoms with Crippen LogP contribution in [-0.2, 0) is 18.6 Å². The zero-order valence-electron chi connectivity index (χ0n) is 24.4. The van der Waals surface area contributed by atoms with E-state index in [1.807, 2.05) is 48.2 Å². The molecule has 1 aliphatic heterocycles. The van der Waals surface area contributed by atoms with Gasteiger partial charge in [-0.25, -0.2) is 19.5 Å². The van der Waals surface area contributed by atoms with E-state index in [2.05, 4.69) is 20.3 Å². The van der Waals surface area contributed by atoms with Crippen LogP contribution in [0.1, 0.15) is 24.3 Å². The van der Waals surface area contributed by atoms with Gasteiger partial charge >= 0.3 is 7.82 Å². The van der Waals surface area contributed by atoms with Crippen molar-refractivity contribution in [3.63, 3.8) is 0 Å². The maximum Gasteiger partial charge on any atom is 0.470 e. The molecule has 0 aliphatic carbocycles. The highest BCUT2D eigenvalue weighted by atomic mass is 31.2. The number of nitrogens with one attached hydrogen (secondary N) is 1. The van der Waals surface area contributed by atoms with Gasteiger partial charge in [0.05, 0.1) is 11.3 Å². The number of aliphatic hydroxyl groups excluding tert-OH is 1. The van der Waals surface area contributed by atoms with Crippen LogP contribution in [0.2, 0.25) is 0 Å². The van der Waals surface area contributed by atoms with Crippen molar-refractivity contribution in [1.82, 2.24) is 24.8 Å². The number of carbonyl (C=O) groups excluding carboxylic acids is 1. The molecule has 3 heterocycles. The van der Waals surface area contributed by atoms with Gasteiger partial charge in [-0.1, -0.05) is 24.3 Å². The molecule has 1 saturated heterocycles. The van der Waals surface area contributed by atoms with Gasteiger partial charge in [0.1, 0.15) is 24.1 Å². The topological polar surface area (TPSA) is 241 Å². The number of ether oxygens (including phenoxy) is 1. The predicted molar refractivity (Wildman–Crippen MR) is 166 cm³/mol. The summed E-state index contributed by atoms with van der Waals surface area (Å²) in [6.07, 6.45) is -0.167. The summed E-state index contributed by atoms with van der Waals surface area (Å²) in [4.78, 5) is 56.5. The molecular formula is C28H31N8O9P. The van der Waals surface area contributed by atoms with Crippen LogP contribution in [0, 0.1) is 10.1 Å². The van der Waals surface area contributed by atoms with E-state index in [1.54, 1.807) is 12.1 Å². The molecule has 0 saturated carbocycles. The average Bonchev–Trinajstić information content (AvgIpc) is 3.59. The zero-order chi connectivity index (χ0) is 33.0. The molecule has 1 aliphatic rings. The number of hydrogen-bond donors (Lipinski definition) is 5. The summed E-state index contributed by atoms with van der Waals surface area (Å²) in [6, 6.07) is 13.9. The molecule has 4 aromatic rings. The first-order valence-electron chi connectivity index (χ1n) is 14.0. The normalized spacial score (nSPS) is 19.9. The van der Waals surface area contributed by atoms with E-state index in [9.17, 15) is 34.4 Å². The SMILES string of the molecule is CCN(CCNC(=O)[C@H]1O[C@@H](n2cnc3c(N)ncnc32)[C@H](OP(=O)(O)O)[C@@H]1O)c1ccc(/C=C/c2ccc([N+](=O)[O-])cc2)cc1. The second kappa shape index (κ2) is 13.7. The number of likely N-dealkylation sites (N-methyl/N-ethyl adjacent to an activating group) is 1. The van der Waals surface area contributed by atoms with Gasteiger partial charge in [-0.2, -0.15) is 0 Å². The summed E-state index contributed by atoms with van der Waals surface area (Å²) in [5, 5.41) is 24.4. The van der Waals surface area contributed by atoms with Crippen LogP contribution in [0.3, 0.4) is 0 Å². The van der Waals surface area contributed by atoms with Gasteiger partial charge in [0.2, 0.25) is 0 Å². The number of aliphatic hydroxyl groups is 1. The molecule has 242 valence electrons. The summed E-state index contributed by atoms with van der Waals surface area (Å²) in [5.41, 5.74) is 8.83. The van der Waals surface area contributed by atoms with E-state index in [0.717, 1.165) is 23.1 Å². The van der Waals surface area contributed by atoms with Gasteiger partial charge in [0, 0.05) is 37.5 Å². The molecule has 46 heavy (non-hydrogen) atoms.